The third kappa shape index (κ3) is 1.43. The summed E-state index contributed by atoms with van der Waals surface area (Å²) in [6, 6.07) is 12.4. The average Bonchev–Trinajstić information content (AvgIpc) is 2.93. The summed E-state index contributed by atoms with van der Waals surface area (Å²) in [6.45, 7) is 1.61. The maximum absolute atomic E-state index is 5.60. The van der Waals surface area contributed by atoms with E-state index in [9.17, 15) is 0 Å². The summed E-state index contributed by atoms with van der Waals surface area (Å²) in [5.41, 5.74) is 2.11. The lowest BCUT2D eigenvalue weighted by molar-refractivity contribution is 0.152. The van der Waals surface area contributed by atoms with E-state index in [4.69, 9.17) is 4.74 Å². The van der Waals surface area contributed by atoms with Crippen LogP contribution in [0.3, 0.4) is 0 Å². The van der Waals surface area contributed by atoms with Crippen LogP contribution in [0.2, 0.25) is 0 Å². The lowest BCUT2D eigenvalue weighted by Gasteiger charge is -2.22. The summed E-state index contributed by atoms with van der Waals surface area (Å²) < 4.78 is 5.60. The summed E-state index contributed by atoms with van der Waals surface area (Å²) in [7, 11) is 0. The van der Waals surface area contributed by atoms with Crippen LogP contribution in [0, 0.1) is 0 Å². The Morgan fingerprint density at radius 1 is 1.17 bits per heavy atom. The molecule has 2 aliphatic heterocycles. The topological polar surface area (TPSA) is 45.6 Å². The molecule has 0 amide bonds. The van der Waals surface area contributed by atoms with E-state index in [1.807, 2.05) is 12.1 Å². The summed E-state index contributed by atoms with van der Waals surface area (Å²) in [5, 5.41) is 9.03. The molecule has 0 radical (unpaired) electrons. The van der Waals surface area contributed by atoms with E-state index in [0.717, 1.165) is 30.4 Å². The van der Waals surface area contributed by atoms with Crippen molar-refractivity contribution in [3.8, 4) is 0 Å². The number of rotatable bonds is 1. The fraction of sp³-hybridized carbons (Fsp3) is 0.214. The van der Waals surface area contributed by atoms with E-state index in [1.165, 1.54) is 10.8 Å². The van der Waals surface area contributed by atoms with Gasteiger partial charge in [0.05, 0.1) is 12.3 Å². The SMILES string of the molecule is c1cc2c3c(cccc3c1)NC(C1NCCO1)=N2. The van der Waals surface area contributed by atoms with Crippen LogP contribution in [0.25, 0.3) is 10.8 Å². The smallest absolute Gasteiger partial charge is 0.167 e. The first-order valence-electron chi connectivity index (χ1n) is 6.14. The molecule has 0 aliphatic carbocycles. The van der Waals surface area contributed by atoms with Crippen molar-refractivity contribution in [2.75, 3.05) is 18.5 Å². The first kappa shape index (κ1) is 10.1. The van der Waals surface area contributed by atoms with E-state index >= 15 is 0 Å². The van der Waals surface area contributed by atoms with Crippen molar-refractivity contribution < 1.29 is 4.74 Å². The lowest BCUT2D eigenvalue weighted by atomic mass is 10.1. The summed E-state index contributed by atoms with van der Waals surface area (Å²) in [4.78, 5) is 4.66. The Morgan fingerprint density at radius 3 is 2.89 bits per heavy atom. The number of anilines is 1. The third-order valence-electron chi connectivity index (χ3n) is 3.35. The fourth-order valence-corrected chi connectivity index (χ4v) is 2.54. The molecule has 0 spiro atoms. The summed E-state index contributed by atoms with van der Waals surface area (Å²) in [6.07, 6.45) is -0.117. The molecular formula is C14H13N3O. The lowest BCUT2D eigenvalue weighted by Crippen LogP contribution is -2.37. The highest BCUT2D eigenvalue weighted by Crippen LogP contribution is 2.35. The fourth-order valence-electron chi connectivity index (χ4n) is 2.54. The van der Waals surface area contributed by atoms with Crippen LogP contribution in [0.15, 0.2) is 41.4 Å². The van der Waals surface area contributed by atoms with Crippen LogP contribution in [0.4, 0.5) is 11.4 Å². The van der Waals surface area contributed by atoms with E-state index in [0.29, 0.717) is 0 Å². The first-order chi connectivity index (χ1) is 8.92. The number of hydrogen-bond acceptors (Lipinski definition) is 4. The molecule has 0 saturated carbocycles. The van der Waals surface area contributed by atoms with Gasteiger partial charge in [0.2, 0.25) is 0 Å². The number of benzene rings is 2. The van der Waals surface area contributed by atoms with E-state index in [2.05, 4.69) is 39.9 Å². The quantitative estimate of drug-likeness (QED) is 0.802. The van der Waals surface area contributed by atoms with Crippen molar-refractivity contribution in [2.45, 2.75) is 6.23 Å². The van der Waals surface area contributed by atoms with Crippen molar-refractivity contribution in [1.29, 1.82) is 0 Å². The minimum atomic E-state index is -0.117. The van der Waals surface area contributed by atoms with Gasteiger partial charge in [-0.2, -0.15) is 0 Å². The number of nitrogens with zero attached hydrogens (tertiary/aromatic N) is 1. The van der Waals surface area contributed by atoms with Gasteiger partial charge in [0.1, 0.15) is 0 Å². The molecule has 2 aliphatic rings. The predicted octanol–water partition coefficient (Wildman–Crippen LogP) is 2.24. The molecule has 1 saturated heterocycles. The van der Waals surface area contributed by atoms with E-state index in [1.54, 1.807) is 0 Å². The third-order valence-corrected chi connectivity index (χ3v) is 3.35. The Morgan fingerprint density at radius 2 is 2.06 bits per heavy atom. The molecule has 4 heteroatoms. The Bertz CT molecular complexity index is 639. The Labute approximate surface area is 105 Å². The second-order valence-electron chi connectivity index (χ2n) is 4.51. The number of nitrogens with one attached hydrogen (secondary N) is 2. The van der Waals surface area contributed by atoms with Crippen LogP contribution in [-0.2, 0) is 4.74 Å². The van der Waals surface area contributed by atoms with E-state index in [-0.39, 0.29) is 6.23 Å². The second kappa shape index (κ2) is 3.80. The highest BCUT2D eigenvalue weighted by Gasteiger charge is 2.24. The van der Waals surface area contributed by atoms with Crippen LogP contribution in [-0.4, -0.2) is 25.2 Å². The molecule has 4 nitrogen and oxygen atoms in total. The van der Waals surface area contributed by atoms with Crippen LogP contribution in [0.1, 0.15) is 0 Å². The highest BCUT2D eigenvalue weighted by atomic mass is 16.5. The molecular weight excluding hydrogens is 226 g/mol. The minimum Gasteiger partial charge on any atom is -0.354 e. The molecule has 1 unspecified atom stereocenters. The normalized spacial score (nSPS) is 21.8. The van der Waals surface area contributed by atoms with Gasteiger partial charge in [-0.05, 0) is 17.5 Å². The van der Waals surface area contributed by atoms with Gasteiger partial charge in [-0.15, -0.1) is 0 Å². The highest BCUT2D eigenvalue weighted by molar-refractivity contribution is 6.14. The Hall–Kier alpha value is -1.91. The molecule has 2 aromatic rings. The zero-order chi connectivity index (χ0) is 11.9. The van der Waals surface area contributed by atoms with Gasteiger partial charge < -0.3 is 10.1 Å². The molecule has 0 aromatic heterocycles. The number of hydrogen-bond donors (Lipinski definition) is 2. The summed E-state index contributed by atoms with van der Waals surface area (Å²) >= 11 is 0. The molecule has 0 bridgehead atoms. The zero-order valence-corrected chi connectivity index (χ0v) is 9.81. The zero-order valence-electron chi connectivity index (χ0n) is 9.81. The van der Waals surface area contributed by atoms with Crippen molar-refractivity contribution in [3.63, 3.8) is 0 Å². The monoisotopic (exact) mass is 239 g/mol. The van der Waals surface area contributed by atoms with Gasteiger partial charge in [0.25, 0.3) is 0 Å². The molecule has 18 heavy (non-hydrogen) atoms. The maximum atomic E-state index is 5.60. The second-order valence-corrected chi connectivity index (χ2v) is 4.51. The number of ether oxygens (including phenoxy) is 1. The average molecular weight is 239 g/mol. The van der Waals surface area contributed by atoms with Gasteiger partial charge in [0.15, 0.2) is 12.1 Å². The first-order valence-corrected chi connectivity index (χ1v) is 6.14. The van der Waals surface area contributed by atoms with Crippen molar-refractivity contribution in [3.05, 3.63) is 36.4 Å². The molecule has 90 valence electrons. The van der Waals surface area contributed by atoms with Crippen LogP contribution in [0.5, 0.6) is 0 Å². The van der Waals surface area contributed by atoms with Crippen molar-refractivity contribution in [2.24, 2.45) is 4.99 Å². The van der Waals surface area contributed by atoms with Gasteiger partial charge in [0, 0.05) is 17.6 Å². The van der Waals surface area contributed by atoms with Crippen molar-refractivity contribution in [1.82, 2.24) is 5.32 Å². The molecule has 4 rings (SSSR count). The van der Waals surface area contributed by atoms with Crippen molar-refractivity contribution >= 4 is 28.0 Å². The number of aliphatic imine (C=N–C) groups is 1. The molecule has 2 heterocycles. The summed E-state index contributed by atoms with van der Waals surface area (Å²) in [5.74, 6) is 0.846. The molecule has 1 atom stereocenters. The molecule has 2 N–H and O–H groups in total. The van der Waals surface area contributed by atoms with Crippen LogP contribution < -0.4 is 10.6 Å². The van der Waals surface area contributed by atoms with Gasteiger partial charge in [-0.3, -0.25) is 5.32 Å². The number of amidine groups is 1. The van der Waals surface area contributed by atoms with Gasteiger partial charge in [-0.1, -0.05) is 24.3 Å². The largest absolute Gasteiger partial charge is 0.354 e. The Balaban J connectivity index is 1.88. The minimum absolute atomic E-state index is 0.117. The Kier molecular flexibility index (Phi) is 2.12. The van der Waals surface area contributed by atoms with E-state index < -0.39 is 0 Å². The molecule has 2 aromatic carbocycles. The molecule has 1 fully saturated rings. The van der Waals surface area contributed by atoms with Gasteiger partial charge >= 0.3 is 0 Å². The van der Waals surface area contributed by atoms with Crippen LogP contribution >= 0.6 is 0 Å². The maximum Gasteiger partial charge on any atom is 0.167 e. The van der Waals surface area contributed by atoms with Gasteiger partial charge in [-0.25, -0.2) is 4.99 Å². The predicted molar refractivity (Wildman–Crippen MR) is 72.4 cm³/mol. The standard InChI is InChI=1S/C14H13N3O/c1-3-9-4-2-6-11-12(9)10(5-1)16-13(17-11)14-15-7-8-18-14/h1-6,14-15H,7-8H2,(H,16,17).